The molecule has 1 nitrogen and oxygen atoms in total. The summed E-state index contributed by atoms with van der Waals surface area (Å²) in [5, 5.41) is 0. The molecule has 1 aromatic rings. The van der Waals surface area contributed by atoms with Crippen LogP contribution in [0.5, 0.6) is 0 Å². The van der Waals surface area contributed by atoms with E-state index in [1.807, 2.05) is 0 Å². The number of carbonyl (C=O) groups is 1. The third kappa shape index (κ3) is 5.36. The Labute approximate surface area is 235 Å². The van der Waals surface area contributed by atoms with Gasteiger partial charge in [0.15, 0.2) is 0 Å². The fourth-order valence-corrected chi connectivity index (χ4v) is 10.7. The van der Waals surface area contributed by atoms with Gasteiger partial charge in [-0.1, -0.05) is 66.0 Å². The number of hydrogen-bond acceptors (Lipinski definition) is 1. The van der Waals surface area contributed by atoms with Gasteiger partial charge in [-0.15, -0.1) is 0 Å². The summed E-state index contributed by atoms with van der Waals surface area (Å²) in [5.74, 6) is 5.38. The summed E-state index contributed by atoms with van der Waals surface area (Å²) in [7, 11) is 0. The van der Waals surface area contributed by atoms with Crippen LogP contribution in [0.2, 0.25) is 0 Å². The van der Waals surface area contributed by atoms with Crippen molar-refractivity contribution in [2.45, 2.75) is 118 Å². The number of fused-ring (bicyclic) bond motifs is 5. The number of alkyl halides is 3. The van der Waals surface area contributed by atoms with Crippen LogP contribution >= 0.6 is 0 Å². The molecule has 218 valence electrons. The van der Waals surface area contributed by atoms with Crippen LogP contribution in [0.4, 0.5) is 13.2 Å². The number of benzene rings is 1. The Kier molecular flexibility index (Phi) is 8.10. The maximum Gasteiger partial charge on any atom is 0.416 e. The first-order chi connectivity index (χ1) is 18.3. The molecular weight excluding hydrogens is 493 g/mol. The lowest BCUT2D eigenvalue weighted by molar-refractivity contribution is -0.152. The molecule has 0 aliphatic heterocycles. The monoisotopic (exact) mass is 544 g/mol. The number of rotatable bonds is 7. The SMILES string of the molecule is CC(C)CCC[C@@H](C)[C@H]1CC[C@H]2[C@@H]3CC[C@H]4[C@H](Cc5ccc(C(F)(F)F)cc5)C(=O)CC[C@]4(C)[C@H]3CC[C@]12C. The maximum atomic E-state index is 13.3. The molecule has 1 aromatic carbocycles. The van der Waals surface area contributed by atoms with Crippen LogP contribution in [-0.4, -0.2) is 5.78 Å². The molecule has 4 aliphatic carbocycles. The zero-order valence-corrected chi connectivity index (χ0v) is 25.0. The van der Waals surface area contributed by atoms with E-state index in [1.165, 1.54) is 63.5 Å². The summed E-state index contributed by atoms with van der Waals surface area (Å²) in [5.41, 5.74) is 0.900. The van der Waals surface area contributed by atoms with Crippen molar-refractivity contribution in [3.8, 4) is 0 Å². The zero-order valence-electron chi connectivity index (χ0n) is 25.0. The van der Waals surface area contributed by atoms with Gasteiger partial charge in [0.1, 0.15) is 5.78 Å². The Bertz CT molecular complexity index is 1010. The van der Waals surface area contributed by atoms with Crippen LogP contribution < -0.4 is 0 Å². The first kappa shape index (κ1) is 29.2. The molecule has 4 aliphatic rings. The molecule has 0 radical (unpaired) electrons. The van der Waals surface area contributed by atoms with Gasteiger partial charge in [-0.3, -0.25) is 4.79 Å². The van der Waals surface area contributed by atoms with E-state index in [4.69, 9.17) is 0 Å². The predicted molar refractivity (Wildman–Crippen MR) is 152 cm³/mol. The van der Waals surface area contributed by atoms with Gasteiger partial charge < -0.3 is 0 Å². The molecule has 4 heteroatoms. The lowest BCUT2D eigenvalue weighted by Gasteiger charge is -2.62. The topological polar surface area (TPSA) is 17.1 Å². The summed E-state index contributed by atoms with van der Waals surface area (Å²) < 4.78 is 39.3. The van der Waals surface area contributed by atoms with Crippen LogP contribution in [0.3, 0.4) is 0 Å². The zero-order chi connectivity index (χ0) is 28.2. The van der Waals surface area contributed by atoms with E-state index in [9.17, 15) is 18.0 Å². The number of carbonyl (C=O) groups excluding carboxylic acids is 1. The molecule has 0 heterocycles. The molecule has 5 rings (SSSR count). The summed E-state index contributed by atoms with van der Waals surface area (Å²) in [6, 6.07) is 5.56. The van der Waals surface area contributed by atoms with Gasteiger partial charge in [-0.25, -0.2) is 0 Å². The van der Waals surface area contributed by atoms with Gasteiger partial charge in [0.2, 0.25) is 0 Å². The van der Waals surface area contributed by atoms with Gasteiger partial charge in [-0.2, -0.15) is 13.2 Å². The summed E-state index contributed by atoms with van der Waals surface area (Å²) in [6.07, 6.45) is 9.71. The molecule has 4 fully saturated rings. The molecule has 0 unspecified atom stereocenters. The first-order valence-electron chi connectivity index (χ1n) is 16.0. The molecule has 39 heavy (non-hydrogen) atoms. The van der Waals surface area contributed by atoms with E-state index in [2.05, 4.69) is 34.6 Å². The van der Waals surface area contributed by atoms with E-state index in [1.54, 1.807) is 12.1 Å². The molecule has 4 saturated carbocycles. The average Bonchev–Trinajstić information content (AvgIpc) is 3.23. The van der Waals surface area contributed by atoms with E-state index < -0.39 is 11.7 Å². The highest BCUT2D eigenvalue weighted by atomic mass is 19.4. The highest BCUT2D eigenvalue weighted by Gasteiger charge is 2.61. The second-order valence-electron chi connectivity index (χ2n) is 15.1. The van der Waals surface area contributed by atoms with Crippen molar-refractivity contribution in [1.29, 1.82) is 0 Å². The van der Waals surface area contributed by atoms with E-state index >= 15 is 0 Å². The van der Waals surface area contributed by atoms with Gasteiger partial charge in [-0.05, 0) is 121 Å². The van der Waals surface area contributed by atoms with Crippen LogP contribution in [-0.2, 0) is 17.4 Å². The smallest absolute Gasteiger partial charge is 0.299 e. The van der Waals surface area contributed by atoms with Crippen molar-refractivity contribution in [2.75, 3.05) is 0 Å². The Morgan fingerprint density at radius 2 is 1.51 bits per heavy atom. The maximum absolute atomic E-state index is 13.3. The molecule has 0 aromatic heterocycles. The third-order valence-electron chi connectivity index (χ3n) is 12.7. The normalized spacial score (nSPS) is 39.3. The number of halogens is 3. The fourth-order valence-electron chi connectivity index (χ4n) is 10.7. The van der Waals surface area contributed by atoms with Crippen molar-refractivity contribution in [3.05, 3.63) is 35.4 Å². The molecule has 0 spiro atoms. The van der Waals surface area contributed by atoms with Crippen molar-refractivity contribution >= 4 is 5.78 Å². The van der Waals surface area contributed by atoms with E-state index in [0.717, 1.165) is 48.0 Å². The Hall–Kier alpha value is -1.32. The number of hydrogen-bond donors (Lipinski definition) is 0. The van der Waals surface area contributed by atoms with Crippen LogP contribution in [0.15, 0.2) is 24.3 Å². The minimum absolute atomic E-state index is 0.0490. The largest absolute Gasteiger partial charge is 0.416 e. The predicted octanol–water partition coefficient (Wildman–Crippen LogP) is 10.2. The second kappa shape index (κ2) is 10.8. The van der Waals surface area contributed by atoms with Crippen molar-refractivity contribution in [3.63, 3.8) is 0 Å². The minimum atomic E-state index is -4.32. The van der Waals surface area contributed by atoms with Gasteiger partial charge in [0.25, 0.3) is 0 Å². The summed E-state index contributed by atoms with van der Waals surface area (Å²) >= 11 is 0. The number of ketones is 1. The standard InChI is InChI=1S/C35H51F3O/c1-22(2)7-6-8-23(3)28-15-16-29-26-13-14-30-27(21-24-9-11-25(12-10-24)35(36,37)38)32(39)18-20-34(30,5)31(26)17-19-33(28,29)4/h9-12,22-23,26-31H,6-8,13-21H2,1-5H3/t23-,26+,27+,28-,29+,30+,31+,33-,34+/m1/s1. The van der Waals surface area contributed by atoms with E-state index in [-0.39, 0.29) is 11.3 Å². The quantitative estimate of drug-likeness (QED) is 0.334. The van der Waals surface area contributed by atoms with Crippen LogP contribution in [0.1, 0.15) is 116 Å². The molecule has 9 atom stereocenters. The molecular formula is C35H51F3O. The Morgan fingerprint density at radius 3 is 2.18 bits per heavy atom. The summed E-state index contributed by atoms with van der Waals surface area (Å²) in [4.78, 5) is 13.3. The molecule has 0 bridgehead atoms. The van der Waals surface area contributed by atoms with Gasteiger partial charge in [0, 0.05) is 12.3 Å². The Balaban J connectivity index is 1.30. The van der Waals surface area contributed by atoms with Crippen molar-refractivity contribution < 1.29 is 18.0 Å². The summed E-state index contributed by atoms with van der Waals surface area (Å²) in [6.45, 7) is 12.3. The number of Topliss-reactive ketones (excluding diaryl/α,β-unsaturated/α-hetero) is 1. The Morgan fingerprint density at radius 1 is 0.846 bits per heavy atom. The lowest BCUT2D eigenvalue weighted by atomic mass is 9.43. The molecule has 0 amide bonds. The van der Waals surface area contributed by atoms with Gasteiger partial charge in [0.05, 0.1) is 5.56 Å². The fraction of sp³-hybridized carbons (Fsp3) is 0.800. The van der Waals surface area contributed by atoms with Crippen LogP contribution in [0, 0.1) is 58.2 Å². The lowest BCUT2D eigenvalue weighted by Crippen LogP contribution is -2.56. The second-order valence-corrected chi connectivity index (χ2v) is 15.1. The molecule has 0 N–H and O–H groups in total. The van der Waals surface area contributed by atoms with Crippen molar-refractivity contribution in [2.24, 2.45) is 58.2 Å². The third-order valence-corrected chi connectivity index (χ3v) is 12.7. The average molecular weight is 545 g/mol. The van der Waals surface area contributed by atoms with Crippen LogP contribution in [0.25, 0.3) is 0 Å². The van der Waals surface area contributed by atoms with E-state index in [0.29, 0.717) is 35.9 Å². The first-order valence-corrected chi connectivity index (χ1v) is 16.0. The minimum Gasteiger partial charge on any atom is -0.299 e. The van der Waals surface area contributed by atoms with Crippen molar-refractivity contribution in [1.82, 2.24) is 0 Å². The van der Waals surface area contributed by atoms with Gasteiger partial charge >= 0.3 is 6.18 Å². The highest BCUT2D eigenvalue weighted by molar-refractivity contribution is 5.82. The molecule has 0 saturated heterocycles. The highest BCUT2D eigenvalue weighted by Crippen LogP contribution is 2.68.